The van der Waals surface area contributed by atoms with Crippen LogP contribution in [0.3, 0.4) is 0 Å². The molecule has 1 atom stereocenters. The molecule has 2 aromatic carbocycles. The summed E-state index contributed by atoms with van der Waals surface area (Å²) in [7, 11) is -2.21. The van der Waals surface area contributed by atoms with Crippen LogP contribution >= 0.6 is 11.6 Å². The van der Waals surface area contributed by atoms with Crippen LogP contribution < -0.4 is 18.8 Å². The topological polar surface area (TPSA) is 107 Å². The molecule has 0 radical (unpaired) electrons. The summed E-state index contributed by atoms with van der Waals surface area (Å²) in [6.07, 6.45) is 2.13. The van der Waals surface area contributed by atoms with Gasteiger partial charge in [-0.1, -0.05) is 18.5 Å². The third-order valence-electron chi connectivity index (χ3n) is 6.44. The van der Waals surface area contributed by atoms with Crippen molar-refractivity contribution in [3.63, 3.8) is 0 Å². The van der Waals surface area contributed by atoms with Crippen LogP contribution in [-0.2, 0) is 14.8 Å². The molecule has 2 aromatic heterocycles. The van der Waals surface area contributed by atoms with Gasteiger partial charge in [-0.05, 0) is 18.6 Å². The smallest absolute Gasteiger partial charge is 0.204 e. The third kappa shape index (κ3) is 5.88. The fraction of sp³-hybridized carbons (Fsp3) is 0.296. The summed E-state index contributed by atoms with van der Waals surface area (Å²) in [6, 6.07) is 10.0. The molecule has 1 N–H and O–H groups in total. The average molecular weight is 648 g/mol. The number of aromatic nitrogens is 3. The normalized spacial score (nSPS) is 14.0. The third-order valence-corrected chi connectivity index (χ3v) is 8.95. The van der Waals surface area contributed by atoms with Crippen LogP contribution in [0.15, 0.2) is 42.6 Å². The molecule has 13 heteroatoms. The van der Waals surface area contributed by atoms with E-state index >= 15 is 4.39 Å². The number of methoxy groups -OCH3 is 1. The van der Waals surface area contributed by atoms with E-state index in [1.54, 1.807) is 25.3 Å². The molecule has 4 aromatic rings. The summed E-state index contributed by atoms with van der Waals surface area (Å²) in [5.74, 6) is 0.600. The first kappa shape index (κ1) is 28.5. The minimum Gasteiger partial charge on any atom is -0.204 e. The molecule has 1 saturated heterocycles. The molecule has 0 aliphatic carbocycles. The molecule has 3 heterocycles. The van der Waals surface area contributed by atoms with Gasteiger partial charge in [-0.25, -0.2) is 12.8 Å². The van der Waals surface area contributed by atoms with Crippen molar-refractivity contribution >= 4 is 65.4 Å². The van der Waals surface area contributed by atoms with E-state index in [1.165, 1.54) is 36.1 Å². The van der Waals surface area contributed by atoms with Crippen molar-refractivity contribution in [3.8, 4) is 28.3 Å². The van der Waals surface area contributed by atoms with Gasteiger partial charge in [0.2, 0.25) is 10.0 Å². The number of morpholine rings is 1. The van der Waals surface area contributed by atoms with Crippen molar-refractivity contribution in [2.75, 3.05) is 48.8 Å². The van der Waals surface area contributed by atoms with Gasteiger partial charge < -0.3 is 0 Å². The first-order chi connectivity index (χ1) is 19.2. The molecule has 1 fully saturated rings. The van der Waals surface area contributed by atoms with Crippen LogP contribution in [0.1, 0.15) is 13.3 Å². The molecule has 1 aliphatic heterocycles. The summed E-state index contributed by atoms with van der Waals surface area (Å²) in [4.78, 5) is 16.2. The van der Waals surface area contributed by atoms with Gasteiger partial charge >= 0.3 is 170 Å². The predicted octanol–water partition coefficient (Wildman–Crippen LogP) is 3.41. The van der Waals surface area contributed by atoms with Gasteiger partial charge in [-0.15, -0.1) is 0 Å². The van der Waals surface area contributed by atoms with Gasteiger partial charge in [0.25, 0.3) is 0 Å². The van der Waals surface area contributed by atoms with Crippen molar-refractivity contribution < 1.29 is 22.3 Å². The van der Waals surface area contributed by atoms with Gasteiger partial charge in [0, 0.05) is 0 Å². The summed E-state index contributed by atoms with van der Waals surface area (Å²) in [6.45, 7) is 4.02. The molecular weight excluding hydrogens is 620 g/mol. The second-order valence-electron chi connectivity index (χ2n) is 9.22. The Bertz CT molecular complexity index is 1670. The number of pyridine rings is 1. The van der Waals surface area contributed by atoms with Crippen LogP contribution in [0.5, 0.6) is 5.75 Å². The zero-order valence-corrected chi connectivity index (χ0v) is 25.9. The number of halogens is 2. The van der Waals surface area contributed by atoms with E-state index in [4.69, 9.17) is 31.0 Å². The fourth-order valence-electron chi connectivity index (χ4n) is 4.55. The van der Waals surface area contributed by atoms with Crippen LogP contribution in [-0.4, -0.2) is 79.4 Å². The zero-order chi connectivity index (χ0) is 28.4. The van der Waals surface area contributed by atoms with Crippen molar-refractivity contribution in [1.29, 1.82) is 0 Å². The number of ether oxygens (including phenoxy) is 2. The van der Waals surface area contributed by atoms with Gasteiger partial charge in [0.1, 0.15) is 0 Å². The molecular formula is C27H28AsClFN5O4S. The number of fused-ring (bicyclic) bond motifs is 1. The standard InChI is InChI=1S/C27H28AsClFN5O4S/c1-3-12-40(36,37)34-20-6-5-19(29)23(24(20)30)17-13-18-25(21(14-17)38-2)32-26(16-4-7-22(28)31-15-16)33-27(18)35-8-10-39-11-9-35/h4-7,13-15,34H,3,8-12,28H2,1-2H3. The first-order valence-electron chi connectivity index (χ1n) is 12.6. The van der Waals surface area contributed by atoms with Gasteiger partial charge in [-0.3, -0.25) is 4.72 Å². The molecule has 1 aliphatic rings. The maximum absolute atomic E-state index is 15.9. The summed E-state index contributed by atoms with van der Waals surface area (Å²) in [5.41, 5.74) is 1.55. The van der Waals surface area contributed by atoms with Crippen molar-refractivity contribution in [2.45, 2.75) is 13.3 Å². The van der Waals surface area contributed by atoms with E-state index in [2.05, 4.69) is 14.6 Å². The Hall–Kier alpha value is -2.98. The van der Waals surface area contributed by atoms with Crippen LogP contribution in [0.25, 0.3) is 33.4 Å². The molecule has 9 nitrogen and oxygen atoms in total. The minimum absolute atomic E-state index is 0.0418. The Labute approximate surface area is 245 Å². The number of anilines is 2. The summed E-state index contributed by atoms with van der Waals surface area (Å²) >= 11 is 7.92. The number of nitrogens with one attached hydrogen (secondary N) is 1. The summed E-state index contributed by atoms with van der Waals surface area (Å²) < 4.78 is 55.2. The van der Waals surface area contributed by atoms with Gasteiger partial charge in [0.15, 0.2) is 0 Å². The van der Waals surface area contributed by atoms with Crippen molar-refractivity contribution in [3.05, 3.63) is 53.4 Å². The Morgan fingerprint density at radius 3 is 2.60 bits per heavy atom. The molecule has 1 unspecified atom stereocenters. The molecule has 0 spiro atoms. The van der Waals surface area contributed by atoms with Gasteiger partial charge in [0.05, 0.1) is 11.4 Å². The number of benzene rings is 2. The zero-order valence-electron chi connectivity index (χ0n) is 21.9. The molecule has 0 bridgehead atoms. The number of rotatable bonds is 8. The van der Waals surface area contributed by atoms with E-state index in [0.29, 0.717) is 66.6 Å². The average Bonchev–Trinajstić information content (AvgIpc) is 2.94. The van der Waals surface area contributed by atoms with Crippen LogP contribution in [0, 0.1) is 5.82 Å². The van der Waals surface area contributed by atoms with Gasteiger partial charge in [-0.2, -0.15) is 0 Å². The van der Waals surface area contributed by atoms with E-state index in [-0.39, 0.29) is 22.0 Å². The van der Waals surface area contributed by atoms with E-state index < -0.39 is 15.8 Å². The Kier molecular flexibility index (Phi) is 8.47. The van der Waals surface area contributed by atoms with Crippen molar-refractivity contribution in [2.24, 2.45) is 0 Å². The van der Waals surface area contributed by atoms with E-state index in [1.807, 2.05) is 12.1 Å². The van der Waals surface area contributed by atoms with Crippen molar-refractivity contribution in [1.82, 2.24) is 15.0 Å². The van der Waals surface area contributed by atoms with E-state index in [0.717, 1.165) is 10.0 Å². The monoisotopic (exact) mass is 647 g/mol. The number of sulfonamides is 1. The SMILES string of the molecule is CCCS(=O)(=O)Nc1ccc(Cl)c(-c2cc(OC)c3nc(-c4ccc([AsH2])nc4)nc(N4CCOCC4)c3c2)c1F. The molecule has 0 amide bonds. The maximum atomic E-state index is 15.9. The Morgan fingerprint density at radius 2 is 1.93 bits per heavy atom. The van der Waals surface area contributed by atoms with E-state index in [9.17, 15) is 8.42 Å². The Morgan fingerprint density at radius 1 is 1.15 bits per heavy atom. The first-order valence-corrected chi connectivity index (χ1v) is 15.9. The van der Waals surface area contributed by atoms with Crippen LogP contribution in [0.4, 0.5) is 15.9 Å². The summed E-state index contributed by atoms with van der Waals surface area (Å²) in [5, 5.41) is 0.756. The fourth-order valence-corrected chi connectivity index (χ4v) is 6.30. The molecule has 40 heavy (non-hydrogen) atoms. The predicted molar refractivity (Wildman–Crippen MR) is 159 cm³/mol. The number of hydrogen-bond donors (Lipinski definition) is 1. The van der Waals surface area contributed by atoms with Crippen LogP contribution in [0.2, 0.25) is 5.02 Å². The number of hydrogen-bond acceptors (Lipinski definition) is 8. The molecule has 5 rings (SSSR count). The molecule has 210 valence electrons. The number of nitrogens with zero attached hydrogens (tertiary/aromatic N) is 4. The second kappa shape index (κ2) is 11.9. The quantitative estimate of drug-likeness (QED) is 0.290. The minimum atomic E-state index is -3.72. The molecule has 0 saturated carbocycles. The second-order valence-corrected chi connectivity index (χ2v) is 12.7. The Balaban J connectivity index is 1.73.